The lowest BCUT2D eigenvalue weighted by Crippen LogP contribution is -2.39. The van der Waals surface area contributed by atoms with Crippen molar-refractivity contribution in [3.8, 4) is 0 Å². The number of hydrogen-bond donors (Lipinski definition) is 1. The third-order valence-electron chi connectivity index (χ3n) is 4.97. The third kappa shape index (κ3) is 2.98. The Morgan fingerprint density at radius 1 is 1.08 bits per heavy atom. The Labute approximate surface area is 141 Å². The predicted molar refractivity (Wildman–Crippen MR) is 89.9 cm³/mol. The minimum Gasteiger partial charge on any atom is -0.355 e. The van der Waals surface area contributed by atoms with Crippen molar-refractivity contribution in [2.75, 3.05) is 31.1 Å². The van der Waals surface area contributed by atoms with Crippen molar-refractivity contribution in [1.82, 2.24) is 25.3 Å². The van der Waals surface area contributed by atoms with E-state index in [0.717, 1.165) is 44.0 Å². The Morgan fingerprint density at radius 2 is 1.96 bits per heavy atom. The molecule has 0 unspecified atom stereocenters. The number of aromatic nitrogens is 4. The molecule has 0 spiro atoms. The Kier molecular flexibility index (Phi) is 4.15. The van der Waals surface area contributed by atoms with Crippen molar-refractivity contribution in [1.29, 1.82) is 0 Å². The van der Waals surface area contributed by atoms with Gasteiger partial charge >= 0.3 is 0 Å². The van der Waals surface area contributed by atoms with Gasteiger partial charge in [0.2, 0.25) is 0 Å². The number of nitrogens with zero attached hydrogens (tertiary/aromatic N) is 5. The fraction of sp³-hybridized carbons (Fsp3) is 0.529. The third-order valence-corrected chi connectivity index (χ3v) is 4.97. The second kappa shape index (κ2) is 6.59. The molecule has 7 nitrogen and oxygen atoms in total. The van der Waals surface area contributed by atoms with E-state index < -0.39 is 0 Å². The van der Waals surface area contributed by atoms with E-state index in [1.54, 1.807) is 6.20 Å². The van der Waals surface area contributed by atoms with Crippen LogP contribution < -0.4 is 4.90 Å². The van der Waals surface area contributed by atoms with Crippen LogP contribution in [0.5, 0.6) is 0 Å². The molecule has 2 aliphatic heterocycles. The first-order valence-electron chi connectivity index (χ1n) is 8.68. The Balaban J connectivity index is 1.44. The molecule has 24 heavy (non-hydrogen) atoms. The van der Waals surface area contributed by atoms with Crippen LogP contribution in [0.3, 0.4) is 0 Å². The van der Waals surface area contributed by atoms with Gasteiger partial charge in [-0.2, -0.15) is 5.10 Å². The highest BCUT2D eigenvalue weighted by atomic mass is 16.2. The highest BCUT2D eigenvalue weighted by Crippen LogP contribution is 2.26. The summed E-state index contributed by atoms with van der Waals surface area (Å²) < 4.78 is 0. The molecule has 2 aromatic rings. The van der Waals surface area contributed by atoms with Crippen molar-refractivity contribution < 1.29 is 4.79 Å². The minimum absolute atomic E-state index is 0.0281. The molecule has 2 saturated heterocycles. The first kappa shape index (κ1) is 15.1. The summed E-state index contributed by atoms with van der Waals surface area (Å²) in [6, 6.07) is 5.72. The van der Waals surface area contributed by atoms with Crippen LogP contribution in [-0.2, 0) is 0 Å². The van der Waals surface area contributed by atoms with Gasteiger partial charge in [0, 0.05) is 44.0 Å². The fourth-order valence-electron chi connectivity index (χ4n) is 3.63. The van der Waals surface area contributed by atoms with E-state index in [1.165, 1.54) is 12.8 Å². The number of rotatable bonds is 3. The quantitative estimate of drug-likeness (QED) is 0.931. The zero-order valence-corrected chi connectivity index (χ0v) is 13.7. The maximum atomic E-state index is 12.7. The largest absolute Gasteiger partial charge is 0.355 e. The van der Waals surface area contributed by atoms with Crippen LogP contribution in [-0.4, -0.2) is 57.4 Å². The number of nitrogens with one attached hydrogen (secondary N) is 1. The number of hydrogen-bond acceptors (Lipinski definition) is 5. The van der Waals surface area contributed by atoms with Crippen molar-refractivity contribution >= 4 is 11.7 Å². The molecule has 0 saturated carbocycles. The van der Waals surface area contributed by atoms with Crippen LogP contribution in [0, 0.1) is 0 Å². The van der Waals surface area contributed by atoms with E-state index in [1.807, 2.05) is 23.1 Å². The normalized spacial score (nSPS) is 21.2. The lowest BCUT2D eigenvalue weighted by atomic mass is 9.95. The van der Waals surface area contributed by atoms with E-state index >= 15 is 0 Å². The van der Waals surface area contributed by atoms with Gasteiger partial charge in [-0.1, -0.05) is 0 Å². The summed E-state index contributed by atoms with van der Waals surface area (Å²) in [7, 11) is 0. The number of carbonyl (C=O) groups is 1. The molecule has 4 rings (SSSR count). The zero-order chi connectivity index (χ0) is 16.4. The lowest BCUT2D eigenvalue weighted by Gasteiger charge is -2.32. The fourth-order valence-corrected chi connectivity index (χ4v) is 3.63. The van der Waals surface area contributed by atoms with Gasteiger partial charge in [0.05, 0.1) is 0 Å². The van der Waals surface area contributed by atoms with E-state index in [0.29, 0.717) is 18.2 Å². The number of amides is 1. The maximum Gasteiger partial charge on any atom is 0.274 e. The molecule has 1 atom stereocenters. The van der Waals surface area contributed by atoms with Crippen LogP contribution >= 0.6 is 0 Å². The molecule has 0 bridgehead atoms. The summed E-state index contributed by atoms with van der Waals surface area (Å²) in [6.07, 6.45) is 6.23. The molecule has 0 aromatic carbocycles. The molecule has 0 aliphatic carbocycles. The minimum atomic E-state index is -0.0281. The summed E-state index contributed by atoms with van der Waals surface area (Å²) in [5.41, 5.74) is 1.53. The highest BCUT2D eigenvalue weighted by Gasteiger charge is 2.27. The van der Waals surface area contributed by atoms with E-state index in [4.69, 9.17) is 0 Å². The van der Waals surface area contributed by atoms with Gasteiger partial charge in [-0.05, 0) is 43.9 Å². The second-order valence-electron chi connectivity index (χ2n) is 6.57. The average Bonchev–Trinajstić information content (AvgIpc) is 3.35. The molecule has 126 valence electrons. The number of piperidine rings is 1. The molecule has 0 radical (unpaired) electrons. The van der Waals surface area contributed by atoms with Gasteiger partial charge in [0.15, 0.2) is 11.5 Å². The van der Waals surface area contributed by atoms with Crippen LogP contribution in [0.4, 0.5) is 5.82 Å². The monoisotopic (exact) mass is 326 g/mol. The van der Waals surface area contributed by atoms with Crippen LogP contribution in [0.2, 0.25) is 0 Å². The van der Waals surface area contributed by atoms with Crippen LogP contribution in [0.1, 0.15) is 47.8 Å². The van der Waals surface area contributed by atoms with E-state index in [2.05, 4.69) is 25.3 Å². The van der Waals surface area contributed by atoms with Crippen LogP contribution in [0.15, 0.2) is 24.4 Å². The van der Waals surface area contributed by atoms with Crippen molar-refractivity contribution in [2.24, 2.45) is 0 Å². The number of likely N-dealkylation sites (tertiary alicyclic amines) is 1. The van der Waals surface area contributed by atoms with Gasteiger partial charge in [-0.25, -0.2) is 0 Å². The van der Waals surface area contributed by atoms with Gasteiger partial charge in [0.1, 0.15) is 0 Å². The SMILES string of the molecule is O=C(c1ccc(N2CCCC2)nn1)N1CCC[C@@H](c2ccn[nH]2)C1. The Hall–Kier alpha value is -2.44. The molecule has 1 N–H and O–H groups in total. The van der Waals surface area contributed by atoms with Crippen LogP contribution in [0.25, 0.3) is 0 Å². The highest BCUT2D eigenvalue weighted by molar-refractivity contribution is 5.92. The predicted octanol–water partition coefficient (Wildman–Crippen LogP) is 1.82. The topological polar surface area (TPSA) is 78.0 Å². The van der Waals surface area contributed by atoms with Crippen molar-refractivity contribution in [3.63, 3.8) is 0 Å². The van der Waals surface area contributed by atoms with Crippen molar-refractivity contribution in [3.05, 3.63) is 35.8 Å². The number of anilines is 1. The number of aromatic amines is 1. The van der Waals surface area contributed by atoms with Gasteiger partial charge in [-0.15, -0.1) is 10.2 Å². The molecular formula is C17H22N6O. The standard InChI is InChI=1S/C17H22N6O/c24-17(15-5-6-16(21-20-15)22-9-1-2-10-22)23-11-3-4-13(12-23)14-7-8-18-19-14/h5-8,13H,1-4,9-12H2,(H,18,19)/t13-/m1/s1. The second-order valence-corrected chi connectivity index (χ2v) is 6.57. The first-order chi connectivity index (χ1) is 11.8. The first-order valence-corrected chi connectivity index (χ1v) is 8.68. The molecule has 4 heterocycles. The summed E-state index contributed by atoms with van der Waals surface area (Å²) in [5, 5.41) is 15.5. The molecule has 2 aliphatic rings. The number of carbonyl (C=O) groups excluding carboxylic acids is 1. The maximum absolute atomic E-state index is 12.7. The molecule has 7 heteroatoms. The summed E-state index contributed by atoms with van der Waals surface area (Å²) in [4.78, 5) is 16.8. The Bertz CT molecular complexity index is 678. The number of H-pyrrole nitrogens is 1. The van der Waals surface area contributed by atoms with Gasteiger partial charge in [0.25, 0.3) is 5.91 Å². The Morgan fingerprint density at radius 3 is 2.67 bits per heavy atom. The molecule has 2 aromatic heterocycles. The average molecular weight is 326 g/mol. The van der Waals surface area contributed by atoms with E-state index in [-0.39, 0.29) is 5.91 Å². The summed E-state index contributed by atoms with van der Waals surface area (Å²) in [5.74, 6) is 1.17. The lowest BCUT2D eigenvalue weighted by molar-refractivity contribution is 0.0698. The van der Waals surface area contributed by atoms with Crippen molar-refractivity contribution in [2.45, 2.75) is 31.6 Å². The summed E-state index contributed by atoms with van der Waals surface area (Å²) >= 11 is 0. The zero-order valence-electron chi connectivity index (χ0n) is 13.7. The molecular weight excluding hydrogens is 304 g/mol. The van der Waals surface area contributed by atoms with Gasteiger partial charge in [-0.3, -0.25) is 9.89 Å². The van der Waals surface area contributed by atoms with Gasteiger partial charge < -0.3 is 9.80 Å². The molecule has 2 fully saturated rings. The smallest absolute Gasteiger partial charge is 0.274 e. The summed E-state index contributed by atoms with van der Waals surface area (Å²) in [6.45, 7) is 3.54. The van der Waals surface area contributed by atoms with E-state index in [9.17, 15) is 4.79 Å². The molecule has 1 amide bonds.